The van der Waals surface area contributed by atoms with Crippen molar-refractivity contribution < 1.29 is 0 Å². The number of hydrogen-bond acceptors (Lipinski definition) is 1. The summed E-state index contributed by atoms with van der Waals surface area (Å²) in [5.41, 5.74) is 1.40. The summed E-state index contributed by atoms with van der Waals surface area (Å²) in [6.45, 7) is 3.82. The lowest BCUT2D eigenvalue weighted by molar-refractivity contribution is 0.788. The van der Waals surface area contributed by atoms with Crippen molar-refractivity contribution in [2.24, 2.45) is 0 Å². The average molecular weight is 81.1 g/mol. The van der Waals surface area contributed by atoms with Crippen LogP contribution in [-0.4, -0.2) is 12.1 Å². The summed E-state index contributed by atoms with van der Waals surface area (Å²) in [6, 6.07) is 1.61. The SMILES string of the molecule is C=C1CC2NC12. The molecule has 0 aromatic rings. The second-order valence-corrected chi connectivity index (χ2v) is 2.11. The first-order valence-corrected chi connectivity index (χ1v) is 2.31. The van der Waals surface area contributed by atoms with Crippen molar-refractivity contribution in [3.05, 3.63) is 12.2 Å². The molecule has 1 aliphatic heterocycles. The lowest BCUT2D eigenvalue weighted by Crippen LogP contribution is -2.09. The fourth-order valence-electron chi connectivity index (χ4n) is 1.00. The van der Waals surface area contributed by atoms with Gasteiger partial charge in [-0.25, -0.2) is 0 Å². The van der Waals surface area contributed by atoms with Gasteiger partial charge in [-0.15, -0.1) is 0 Å². The molecule has 1 nitrogen and oxygen atoms in total. The summed E-state index contributed by atoms with van der Waals surface area (Å²) >= 11 is 0. The third-order valence-corrected chi connectivity index (χ3v) is 1.61. The maximum absolute atomic E-state index is 3.82. The number of fused-ring (bicyclic) bond motifs is 1. The Labute approximate surface area is 37.0 Å². The summed E-state index contributed by atoms with van der Waals surface area (Å²) < 4.78 is 0. The van der Waals surface area contributed by atoms with Crippen molar-refractivity contribution in [3.63, 3.8) is 0 Å². The zero-order valence-electron chi connectivity index (χ0n) is 3.57. The Bertz CT molecular complexity index is 107. The molecule has 2 unspecified atom stereocenters. The Morgan fingerprint density at radius 2 is 2.67 bits per heavy atom. The normalized spacial score (nSPS) is 50.3. The Morgan fingerprint density at radius 1 is 1.83 bits per heavy atom. The molecule has 0 aromatic carbocycles. The van der Waals surface area contributed by atoms with Crippen LogP contribution < -0.4 is 5.32 Å². The van der Waals surface area contributed by atoms with Crippen LogP contribution in [0.1, 0.15) is 6.42 Å². The van der Waals surface area contributed by atoms with Gasteiger partial charge in [0.15, 0.2) is 0 Å². The molecule has 0 spiro atoms. The first-order valence-electron chi connectivity index (χ1n) is 2.31. The maximum atomic E-state index is 3.82. The number of rotatable bonds is 0. The van der Waals surface area contributed by atoms with E-state index in [0.717, 1.165) is 12.1 Å². The van der Waals surface area contributed by atoms with Gasteiger partial charge in [0, 0.05) is 12.1 Å². The summed E-state index contributed by atoms with van der Waals surface area (Å²) in [4.78, 5) is 0. The van der Waals surface area contributed by atoms with E-state index >= 15 is 0 Å². The maximum Gasteiger partial charge on any atom is 0.0439 e. The van der Waals surface area contributed by atoms with Gasteiger partial charge in [0.05, 0.1) is 0 Å². The van der Waals surface area contributed by atoms with Gasteiger partial charge in [-0.3, -0.25) is 0 Å². The van der Waals surface area contributed by atoms with Crippen molar-refractivity contribution in [2.75, 3.05) is 0 Å². The van der Waals surface area contributed by atoms with Gasteiger partial charge >= 0.3 is 0 Å². The largest absolute Gasteiger partial charge is 0.304 e. The van der Waals surface area contributed by atoms with Crippen molar-refractivity contribution in [2.45, 2.75) is 18.5 Å². The van der Waals surface area contributed by atoms with E-state index in [2.05, 4.69) is 11.9 Å². The van der Waals surface area contributed by atoms with Gasteiger partial charge < -0.3 is 5.32 Å². The summed E-state index contributed by atoms with van der Waals surface area (Å²) in [6.07, 6.45) is 1.24. The Balaban J connectivity index is 2.26. The minimum Gasteiger partial charge on any atom is -0.304 e. The minimum atomic E-state index is 0.755. The minimum absolute atomic E-state index is 0.755. The molecule has 2 fully saturated rings. The smallest absolute Gasteiger partial charge is 0.0439 e. The highest BCUT2D eigenvalue weighted by atomic mass is 15.2. The third kappa shape index (κ3) is 0.144. The molecule has 2 atom stereocenters. The highest BCUT2D eigenvalue weighted by Gasteiger charge is 2.47. The Hall–Kier alpha value is -0.300. The number of nitrogens with one attached hydrogen (secondary N) is 1. The van der Waals surface area contributed by atoms with Crippen LogP contribution in [0.25, 0.3) is 0 Å². The van der Waals surface area contributed by atoms with Crippen LogP contribution in [0, 0.1) is 0 Å². The van der Waals surface area contributed by atoms with E-state index in [-0.39, 0.29) is 0 Å². The third-order valence-electron chi connectivity index (χ3n) is 1.61. The topological polar surface area (TPSA) is 21.9 Å². The van der Waals surface area contributed by atoms with Crippen LogP contribution in [-0.2, 0) is 0 Å². The molecule has 32 valence electrons. The van der Waals surface area contributed by atoms with E-state index in [1.54, 1.807) is 0 Å². The van der Waals surface area contributed by atoms with Crippen LogP contribution in [0.2, 0.25) is 0 Å². The lowest BCUT2D eigenvalue weighted by Gasteiger charge is -2.07. The molecule has 1 aliphatic carbocycles. The molecule has 0 bridgehead atoms. The van der Waals surface area contributed by atoms with Crippen molar-refractivity contribution >= 4 is 0 Å². The molecular formula is C5H7N. The van der Waals surface area contributed by atoms with Crippen LogP contribution >= 0.6 is 0 Å². The van der Waals surface area contributed by atoms with E-state index in [1.807, 2.05) is 0 Å². The van der Waals surface area contributed by atoms with Gasteiger partial charge in [0.25, 0.3) is 0 Å². The second kappa shape index (κ2) is 0.562. The van der Waals surface area contributed by atoms with Crippen LogP contribution in [0.15, 0.2) is 12.2 Å². The number of hydrogen-bond donors (Lipinski definition) is 1. The van der Waals surface area contributed by atoms with E-state index in [0.29, 0.717) is 0 Å². The molecule has 1 saturated heterocycles. The molecule has 0 radical (unpaired) electrons. The first kappa shape index (κ1) is 2.80. The van der Waals surface area contributed by atoms with Crippen LogP contribution in [0.5, 0.6) is 0 Å². The predicted octanol–water partition coefficient (Wildman–Crippen LogP) is 0.287. The Morgan fingerprint density at radius 3 is 2.67 bits per heavy atom. The molecule has 6 heavy (non-hydrogen) atoms. The summed E-state index contributed by atoms with van der Waals surface area (Å²) in [5.74, 6) is 0. The molecule has 0 aromatic heterocycles. The van der Waals surface area contributed by atoms with Crippen molar-refractivity contribution in [3.8, 4) is 0 Å². The van der Waals surface area contributed by atoms with Gasteiger partial charge in [-0.05, 0) is 6.42 Å². The molecule has 1 heterocycles. The standard InChI is InChI=1S/C5H7N/c1-3-2-4-5(3)6-4/h4-6H,1-2H2. The summed E-state index contributed by atoms with van der Waals surface area (Å²) in [7, 11) is 0. The highest BCUT2D eigenvalue weighted by Crippen LogP contribution is 2.36. The predicted molar refractivity (Wildman–Crippen MR) is 24.5 cm³/mol. The van der Waals surface area contributed by atoms with E-state index < -0.39 is 0 Å². The van der Waals surface area contributed by atoms with Crippen LogP contribution in [0.4, 0.5) is 0 Å². The molecule has 2 rings (SSSR count). The van der Waals surface area contributed by atoms with Gasteiger partial charge in [-0.1, -0.05) is 12.2 Å². The first-order chi connectivity index (χ1) is 2.88. The molecule has 1 saturated carbocycles. The molecular weight excluding hydrogens is 74.1 g/mol. The molecule has 1 N–H and O–H groups in total. The quantitative estimate of drug-likeness (QED) is 0.328. The van der Waals surface area contributed by atoms with E-state index in [9.17, 15) is 0 Å². The van der Waals surface area contributed by atoms with Gasteiger partial charge in [0.1, 0.15) is 0 Å². The van der Waals surface area contributed by atoms with E-state index in [4.69, 9.17) is 0 Å². The fourth-order valence-corrected chi connectivity index (χ4v) is 1.00. The highest BCUT2D eigenvalue weighted by molar-refractivity contribution is 5.33. The lowest BCUT2D eigenvalue weighted by atomic mass is 9.95. The van der Waals surface area contributed by atoms with Crippen molar-refractivity contribution in [1.29, 1.82) is 0 Å². The van der Waals surface area contributed by atoms with Crippen LogP contribution in [0.3, 0.4) is 0 Å². The van der Waals surface area contributed by atoms with E-state index in [1.165, 1.54) is 12.0 Å². The average Bonchev–Trinajstić information content (AvgIpc) is 2.12. The zero-order chi connectivity index (χ0) is 4.15. The van der Waals surface area contributed by atoms with Gasteiger partial charge in [0.2, 0.25) is 0 Å². The monoisotopic (exact) mass is 81.1 g/mol. The van der Waals surface area contributed by atoms with Gasteiger partial charge in [-0.2, -0.15) is 0 Å². The molecule has 0 amide bonds. The fraction of sp³-hybridized carbons (Fsp3) is 0.600. The molecule has 2 aliphatic rings. The van der Waals surface area contributed by atoms with Crippen molar-refractivity contribution in [1.82, 2.24) is 5.32 Å². The Kier molecular flexibility index (Phi) is 0.263. The summed E-state index contributed by atoms with van der Waals surface area (Å²) in [5, 5.41) is 3.26. The second-order valence-electron chi connectivity index (χ2n) is 2.11. The zero-order valence-corrected chi connectivity index (χ0v) is 3.57. The molecule has 1 heteroatoms.